The van der Waals surface area contributed by atoms with Gasteiger partial charge in [-0.2, -0.15) is 0 Å². The first-order chi connectivity index (χ1) is 9.15. The molecule has 0 bridgehead atoms. The standard InChI is InChI=1S/C15H18Cl2O2/c16-12-5-4-11(15(17)10-12)9-13(18)6-7-14-3-1-2-8-19-14/h4-5,10,14H,1-3,6-9H2. The summed E-state index contributed by atoms with van der Waals surface area (Å²) in [7, 11) is 0. The van der Waals surface area contributed by atoms with Crippen molar-refractivity contribution >= 4 is 29.0 Å². The molecule has 2 nitrogen and oxygen atoms in total. The van der Waals surface area contributed by atoms with Crippen LogP contribution in [-0.4, -0.2) is 18.5 Å². The Morgan fingerprint density at radius 1 is 1.32 bits per heavy atom. The molecule has 0 aliphatic carbocycles. The molecular weight excluding hydrogens is 283 g/mol. The Labute approximate surface area is 124 Å². The Balaban J connectivity index is 1.80. The summed E-state index contributed by atoms with van der Waals surface area (Å²) in [5, 5.41) is 1.16. The highest BCUT2D eigenvalue weighted by Gasteiger charge is 2.16. The minimum atomic E-state index is 0.207. The molecule has 1 aromatic carbocycles. The van der Waals surface area contributed by atoms with Gasteiger partial charge in [0.1, 0.15) is 5.78 Å². The second-order valence-electron chi connectivity index (χ2n) is 4.98. The van der Waals surface area contributed by atoms with Gasteiger partial charge in [0.15, 0.2) is 0 Å². The van der Waals surface area contributed by atoms with Gasteiger partial charge in [0.25, 0.3) is 0 Å². The molecule has 1 fully saturated rings. The van der Waals surface area contributed by atoms with Crippen LogP contribution in [0.25, 0.3) is 0 Å². The van der Waals surface area contributed by atoms with Crippen molar-refractivity contribution in [3.05, 3.63) is 33.8 Å². The van der Waals surface area contributed by atoms with Crippen molar-refractivity contribution in [2.24, 2.45) is 0 Å². The largest absolute Gasteiger partial charge is 0.378 e. The molecule has 0 N–H and O–H groups in total. The molecule has 1 heterocycles. The number of benzene rings is 1. The van der Waals surface area contributed by atoms with E-state index in [9.17, 15) is 4.79 Å². The summed E-state index contributed by atoms with van der Waals surface area (Å²) in [6.07, 6.45) is 5.45. The lowest BCUT2D eigenvalue weighted by molar-refractivity contribution is -0.119. The number of ketones is 1. The van der Waals surface area contributed by atoms with E-state index in [0.29, 0.717) is 22.9 Å². The molecule has 1 aromatic rings. The smallest absolute Gasteiger partial charge is 0.137 e. The summed E-state index contributed by atoms with van der Waals surface area (Å²) in [5.41, 5.74) is 0.848. The second-order valence-corrected chi connectivity index (χ2v) is 5.82. The average Bonchev–Trinajstić information content (AvgIpc) is 2.41. The molecule has 0 aromatic heterocycles. The van der Waals surface area contributed by atoms with Crippen molar-refractivity contribution in [3.8, 4) is 0 Å². The first-order valence-electron chi connectivity index (χ1n) is 6.72. The van der Waals surface area contributed by atoms with E-state index < -0.39 is 0 Å². The van der Waals surface area contributed by atoms with Gasteiger partial charge in [0.05, 0.1) is 6.10 Å². The van der Waals surface area contributed by atoms with Crippen molar-refractivity contribution in [2.45, 2.75) is 44.6 Å². The van der Waals surface area contributed by atoms with E-state index in [4.69, 9.17) is 27.9 Å². The Bertz CT molecular complexity index is 440. The van der Waals surface area contributed by atoms with Gasteiger partial charge in [0, 0.05) is 29.5 Å². The molecule has 1 saturated heterocycles. The Morgan fingerprint density at radius 2 is 2.16 bits per heavy atom. The van der Waals surface area contributed by atoms with Crippen LogP contribution in [-0.2, 0) is 16.0 Å². The first-order valence-corrected chi connectivity index (χ1v) is 7.48. The van der Waals surface area contributed by atoms with Crippen molar-refractivity contribution < 1.29 is 9.53 Å². The average molecular weight is 301 g/mol. The lowest BCUT2D eigenvalue weighted by Gasteiger charge is -2.22. The minimum Gasteiger partial charge on any atom is -0.378 e. The number of rotatable bonds is 5. The Hall–Kier alpha value is -0.570. The van der Waals surface area contributed by atoms with Crippen LogP contribution < -0.4 is 0 Å². The molecule has 1 atom stereocenters. The number of halogens is 2. The van der Waals surface area contributed by atoms with Gasteiger partial charge in [-0.05, 0) is 43.4 Å². The number of carbonyl (C=O) groups is 1. The van der Waals surface area contributed by atoms with E-state index in [-0.39, 0.29) is 11.9 Å². The summed E-state index contributed by atoms with van der Waals surface area (Å²) in [6.45, 7) is 0.835. The van der Waals surface area contributed by atoms with Crippen molar-refractivity contribution in [1.29, 1.82) is 0 Å². The van der Waals surface area contributed by atoms with E-state index >= 15 is 0 Å². The van der Waals surface area contributed by atoms with Crippen molar-refractivity contribution in [1.82, 2.24) is 0 Å². The number of Topliss-reactive ketones (excluding diaryl/α,β-unsaturated/α-hetero) is 1. The summed E-state index contributed by atoms with van der Waals surface area (Å²) < 4.78 is 5.62. The maximum Gasteiger partial charge on any atom is 0.137 e. The SMILES string of the molecule is O=C(CCC1CCCCO1)Cc1ccc(Cl)cc1Cl. The highest BCUT2D eigenvalue weighted by atomic mass is 35.5. The fourth-order valence-corrected chi connectivity index (χ4v) is 2.80. The molecule has 1 aliphatic heterocycles. The molecule has 2 rings (SSSR count). The lowest BCUT2D eigenvalue weighted by Crippen LogP contribution is -2.20. The van der Waals surface area contributed by atoms with Crippen LogP contribution in [0.15, 0.2) is 18.2 Å². The van der Waals surface area contributed by atoms with Crippen LogP contribution in [0.2, 0.25) is 10.0 Å². The monoisotopic (exact) mass is 300 g/mol. The molecule has 0 radical (unpaired) electrons. The molecule has 104 valence electrons. The molecule has 1 aliphatic rings. The third kappa shape index (κ3) is 4.79. The van der Waals surface area contributed by atoms with E-state index in [1.54, 1.807) is 12.1 Å². The van der Waals surface area contributed by atoms with Gasteiger partial charge in [-0.25, -0.2) is 0 Å². The van der Waals surface area contributed by atoms with Gasteiger partial charge in [0.2, 0.25) is 0 Å². The van der Waals surface area contributed by atoms with Crippen LogP contribution >= 0.6 is 23.2 Å². The van der Waals surface area contributed by atoms with Crippen LogP contribution in [0.4, 0.5) is 0 Å². The van der Waals surface area contributed by atoms with Gasteiger partial charge >= 0.3 is 0 Å². The zero-order chi connectivity index (χ0) is 13.7. The summed E-state index contributed by atoms with van der Waals surface area (Å²) in [4.78, 5) is 11.9. The van der Waals surface area contributed by atoms with Gasteiger partial charge in [-0.15, -0.1) is 0 Å². The molecule has 0 saturated carbocycles. The number of ether oxygens (including phenoxy) is 1. The van der Waals surface area contributed by atoms with Gasteiger partial charge < -0.3 is 4.74 Å². The fourth-order valence-electron chi connectivity index (χ4n) is 2.32. The van der Waals surface area contributed by atoms with E-state index in [2.05, 4.69) is 0 Å². The maximum atomic E-state index is 11.9. The normalized spacial score (nSPS) is 19.4. The predicted molar refractivity (Wildman–Crippen MR) is 78.0 cm³/mol. The molecule has 0 amide bonds. The molecule has 19 heavy (non-hydrogen) atoms. The maximum absolute atomic E-state index is 11.9. The summed E-state index contributed by atoms with van der Waals surface area (Å²) in [5.74, 6) is 0.207. The van der Waals surface area contributed by atoms with Crippen LogP contribution in [0.3, 0.4) is 0 Å². The van der Waals surface area contributed by atoms with Crippen LogP contribution in [0.1, 0.15) is 37.7 Å². The van der Waals surface area contributed by atoms with Crippen LogP contribution in [0.5, 0.6) is 0 Å². The molecular formula is C15H18Cl2O2. The number of hydrogen-bond acceptors (Lipinski definition) is 2. The first kappa shape index (κ1) is 14.8. The van der Waals surface area contributed by atoms with Gasteiger partial charge in [-0.1, -0.05) is 29.3 Å². The highest BCUT2D eigenvalue weighted by Crippen LogP contribution is 2.23. The fraction of sp³-hybridized carbons (Fsp3) is 0.533. The zero-order valence-electron chi connectivity index (χ0n) is 10.8. The third-order valence-corrected chi connectivity index (χ3v) is 4.01. The molecule has 0 spiro atoms. The van der Waals surface area contributed by atoms with Crippen molar-refractivity contribution in [3.63, 3.8) is 0 Å². The molecule has 4 heteroatoms. The predicted octanol–water partition coefficient (Wildman–Crippen LogP) is 4.45. The topological polar surface area (TPSA) is 26.3 Å². The second kappa shape index (κ2) is 7.28. The van der Waals surface area contributed by atoms with E-state index in [1.807, 2.05) is 6.07 Å². The quantitative estimate of drug-likeness (QED) is 0.803. The van der Waals surface area contributed by atoms with E-state index in [1.165, 1.54) is 6.42 Å². The third-order valence-electron chi connectivity index (χ3n) is 3.42. The van der Waals surface area contributed by atoms with Crippen molar-refractivity contribution in [2.75, 3.05) is 6.61 Å². The van der Waals surface area contributed by atoms with E-state index in [0.717, 1.165) is 31.4 Å². The lowest BCUT2D eigenvalue weighted by atomic mass is 10.0. The summed E-state index contributed by atoms with van der Waals surface area (Å²) >= 11 is 11.9. The zero-order valence-corrected chi connectivity index (χ0v) is 12.3. The Kier molecular flexibility index (Phi) is 5.68. The Morgan fingerprint density at radius 3 is 2.84 bits per heavy atom. The minimum absolute atomic E-state index is 0.207. The number of carbonyl (C=O) groups excluding carboxylic acids is 1. The van der Waals surface area contributed by atoms with Crippen LogP contribution in [0, 0.1) is 0 Å². The summed E-state index contributed by atoms with van der Waals surface area (Å²) in [6, 6.07) is 5.26. The molecule has 1 unspecified atom stereocenters. The highest BCUT2D eigenvalue weighted by molar-refractivity contribution is 6.35. The number of hydrogen-bond donors (Lipinski definition) is 0. The van der Waals surface area contributed by atoms with Gasteiger partial charge in [-0.3, -0.25) is 4.79 Å².